The van der Waals surface area contributed by atoms with E-state index in [0.717, 1.165) is 8.47 Å². The second-order valence-electron chi connectivity index (χ2n) is 6.95. The van der Waals surface area contributed by atoms with Crippen LogP contribution in [-0.4, -0.2) is 22.7 Å². The van der Waals surface area contributed by atoms with Crippen LogP contribution in [0.25, 0.3) is 0 Å². The Balaban J connectivity index is 1.45. The maximum absolute atomic E-state index is 12.8. The van der Waals surface area contributed by atoms with E-state index < -0.39 is 22.7 Å². The van der Waals surface area contributed by atoms with E-state index in [4.69, 9.17) is 16.3 Å². The van der Waals surface area contributed by atoms with Crippen LogP contribution >= 0.6 is 34.2 Å². The number of hydrogen-bond acceptors (Lipinski definition) is 7. The molecule has 1 N–H and O–H groups in total. The third-order valence-electron chi connectivity index (χ3n) is 4.76. The van der Waals surface area contributed by atoms with E-state index in [0.29, 0.717) is 11.4 Å². The molecule has 1 aliphatic rings. The number of nitro groups is 1. The summed E-state index contributed by atoms with van der Waals surface area (Å²) in [6.45, 7) is 0. The number of imide groups is 1. The number of hydrogen-bond donors (Lipinski definition) is 1. The maximum Gasteiger partial charge on any atom is 0.343 e. The first-order valence-electron chi connectivity index (χ1n) is 9.62. The number of nitro benzene ring substituents is 1. The van der Waals surface area contributed by atoms with Gasteiger partial charge in [0.1, 0.15) is 16.5 Å². The Hall–Kier alpha value is -3.77. The Kier molecular flexibility index (Phi) is 6.61. The molecule has 2 amide bonds. The van der Waals surface area contributed by atoms with E-state index in [9.17, 15) is 24.5 Å². The molecule has 0 saturated heterocycles. The fraction of sp³-hybridized carbons (Fsp3) is 0. The Labute approximate surface area is 211 Å². The highest BCUT2D eigenvalue weighted by Gasteiger charge is 2.38. The van der Waals surface area contributed by atoms with E-state index in [-0.39, 0.29) is 27.7 Å². The van der Waals surface area contributed by atoms with Crippen LogP contribution in [0.1, 0.15) is 10.4 Å². The molecule has 0 spiro atoms. The zero-order valence-electron chi connectivity index (χ0n) is 17.0. The predicted octanol–water partition coefficient (Wildman–Crippen LogP) is 4.85. The van der Waals surface area contributed by atoms with Gasteiger partial charge in [0.2, 0.25) is 0 Å². The van der Waals surface area contributed by atoms with Gasteiger partial charge in [0, 0.05) is 21.4 Å². The highest BCUT2D eigenvalue weighted by atomic mass is 127. The molecule has 1 heterocycles. The normalized spacial score (nSPS) is 13.3. The monoisotopic (exact) mass is 589 g/mol. The molecule has 0 aromatic heterocycles. The minimum absolute atomic E-state index is 0.0774. The minimum atomic E-state index is -0.672. The summed E-state index contributed by atoms with van der Waals surface area (Å²) in [7, 11) is 0. The molecule has 0 bridgehead atoms. The molecule has 11 heteroatoms. The van der Waals surface area contributed by atoms with Gasteiger partial charge in [-0.3, -0.25) is 19.7 Å². The number of nitrogens with one attached hydrogen (secondary N) is 1. The van der Waals surface area contributed by atoms with Crippen LogP contribution in [0.5, 0.6) is 5.75 Å². The molecule has 0 unspecified atom stereocenters. The second kappa shape index (κ2) is 9.61. The van der Waals surface area contributed by atoms with Crippen molar-refractivity contribution in [1.82, 2.24) is 0 Å². The molecule has 4 rings (SSSR count). The summed E-state index contributed by atoms with van der Waals surface area (Å²) in [5, 5.41) is 13.3. The van der Waals surface area contributed by atoms with Crippen molar-refractivity contribution in [1.29, 1.82) is 0 Å². The number of halogens is 2. The fourth-order valence-electron chi connectivity index (χ4n) is 3.07. The summed E-state index contributed by atoms with van der Waals surface area (Å²) in [6, 6.07) is 17.9. The van der Waals surface area contributed by atoms with E-state index >= 15 is 0 Å². The molecule has 0 radical (unpaired) electrons. The van der Waals surface area contributed by atoms with Crippen molar-refractivity contribution in [3.05, 3.63) is 103 Å². The van der Waals surface area contributed by atoms with Gasteiger partial charge in [-0.25, -0.2) is 9.69 Å². The average molecular weight is 590 g/mol. The third kappa shape index (κ3) is 4.77. The lowest BCUT2D eigenvalue weighted by molar-refractivity contribution is -0.384. The number of benzene rings is 3. The number of carbonyl (C=O) groups is 3. The number of ether oxygens (including phenoxy) is 1. The van der Waals surface area contributed by atoms with Crippen LogP contribution in [0.3, 0.4) is 0 Å². The number of non-ortho nitro benzene ring substituents is 1. The lowest BCUT2D eigenvalue weighted by Crippen LogP contribution is -2.32. The van der Waals surface area contributed by atoms with Crippen LogP contribution in [0, 0.1) is 13.7 Å². The Morgan fingerprint density at radius 3 is 2.15 bits per heavy atom. The molecule has 1 aliphatic heterocycles. The summed E-state index contributed by atoms with van der Waals surface area (Å²) in [5.74, 6) is -1.76. The van der Waals surface area contributed by atoms with E-state index in [2.05, 4.69) is 27.9 Å². The zero-order chi connectivity index (χ0) is 24.4. The fourth-order valence-corrected chi connectivity index (χ4v) is 3.64. The SMILES string of the molecule is O=C(Oc1ccc([N+](=O)[O-])cc1)c1ccc(NC2=C(Cl)C(=O)N(c3ccc(I)cc3)C2=O)cc1. The molecule has 0 aliphatic carbocycles. The molecule has 0 atom stereocenters. The summed E-state index contributed by atoms with van der Waals surface area (Å²) < 4.78 is 6.16. The van der Waals surface area contributed by atoms with Gasteiger partial charge in [-0.2, -0.15) is 0 Å². The number of rotatable bonds is 6. The van der Waals surface area contributed by atoms with E-state index in [1.807, 2.05) is 0 Å². The van der Waals surface area contributed by atoms with Crippen molar-refractivity contribution in [3.63, 3.8) is 0 Å². The highest BCUT2D eigenvalue weighted by molar-refractivity contribution is 14.1. The predicted molar refractivity (Wildman–Crippen MR) is 133 cm³/mol. The van der Waals surface area contributed by atoms with Gasteiger partial charge >= 0.3 is 5.97 Å². The van der Waals surface area contributed by atoms with Crippen molar-refractivity contribution >= 4 is 69.0 Å². The maximum atomic E-state index is 12.8. The molecule has 3 aromatic carbocycles. The summed E-state index contributed by atoms with van der Waals surface area (Å²) in [4.78, 5) is 48.9. The second-order valence-corrected chi connectivity index (χ2v) is 8.58. The van der Waals surface area contributed by atoms with Gasteiger partial charge in [0.25, 0.3) is 17.5 Å². The molecular weight excluding hydrogens is 577 g/mol. The number of carbonyl (C=O) groups excluding carboxylic acids is 3. The number of esters is 1. The van der Waals surface area contributed by atoms with Gasteiger partial charge in [0.15, 0.2) is 0 Å². The van der Waals surface area contributed by atoms with E-state index in [1.165, 1.54) is 48.5 Å². The lowest BCUT2D eigenvalue weighted by Gasteiger charge is -2.15. The highest BCUT2D eigenvalue weighted by Crippen LogP contribution is 2.30. The molecule has 170 valence electrons. The first kappa shape index (κ1) is 23.4. The van der Waals surface area contributed by atoms with Crippen LogP contribution in [-0.2, 0) is 9.59 Å². The molecule has 0 fully saturated rings. The largest absolute Gasteiger partial charge is 0.423 e. The topological polar surface area (TPSA) is 119 Å². The van der Waals surface area contributed by atoms with Crippen molar-refractivity contribution in [2.24, 2.45) is 0 Å². The van der Waals surface area contributed by atoms with Crippen molar-refractivity contribution in [3.8, 4) is 5.75 Å². The molecular formula is C23H13ClIN3O6. The van der Waals surface area contributed by atoms with Gasteiger partial charge in [-0.1, -0.05) is 11.6 Å². The van der Waals surface area contributed by atoms with Gasteiger partial charge in [-0.15, -0.1) is 0 Å². The van der Waals surface area contributed by atoms with Crippen LogP contribution in [0.2, 0.25) is 0 Å². The van der Waals surface area contributed by atoms with Gasteiger partial charge in [0.05, 0.1) is 16.2 Å². The Morgan fingerprint density at radius 2 is 1.56 bits per heavy atom. The smallest absolute Gasteiger partial charge is 0.343 e. The molecule has 9 nitrogen and oxygen atoms in total. The quantitative estimate of drug-likeness (QED) is 0.109. The van der Waals surface area contributed by atoms with Crippen molar-refractivity contribution in [2.75, 3.05) is 10.2 Å². The number of amides is 2. The van der Waals surface area contributed by atoms with Crippen LogP contribution in [0.4, 0.5) is 17.1 Å². The van der Waals surface area contributed by atoms with Crippen LogP contribution in [0.15, 0.2) is 83.5 Å². The Morgan fingerprint density at radius 1 is 0.941 bits per heavy atom. The first-order chi connectivity index (χ1) is 16.2. The van der Waals surface area contributed by atoms with Gasteiger partial charge in [-0.05, 0) is 83.3 Å². The lowest BCUT2D eigenvalue weighted by atomic mass is 10.2. The molecule has 34 heavy (non-hydrogen) atoms. The van der Waals surface area contributed by atoms with Gasteiger partial charge < -0.3 is 10.1 Å². The number of anilines is 2. The number of nitrogens with zero attached hydrogens (tertiary/aromatic N) is 2. The standard InChI is InChI=1S/C23H13ClIN3O6/c24-19-20(22(30)27(21(19)29)16-7-3-14(25)4-8-16)26-15-5-1-13(2-6-15)23(31)34-18-11-9-17(10-12-18)28(32)33/h1-12,26H. The Bertz CT molecular complexity index is 1340. The first-order valence-corrected chi connectivity index (χ1v) is 11.1. The zero-order valence-corrected chi connectivity index (χ0v) is 19.9. The molecule has 0 saturated carbocycles. The average Bonchev–Trinajstić information content (AvgIpc) is 3.03. The third-order valence-corrected chi connectivity index (χ3v) is 5.83. The molecule has 3 aromatic rings. The summed E-state index contributed by atoms with van der Waals surface area (Å²) >= 11 is 8.25. The van der Waals surface area contributed by atoms with E-state index in [1.54, 1.807) is 24.3 Å². The summed E-state index contributed by atoms with van der Waals surface area (Å²) in [5.41, 5.74) is 0.828. The van der Waals surface area contributed by atoms with Crippen molar-refractivity contribution in [2.45, 2.75) is 0 Å². The summed E-state index contributed by atoms with van der Waals surface area (Å²) in [6.07, 6.45) is 0. The van der Waals surface area contributed by atoms with Crippen molar-refractivity contribution < 1.29 is 24.0 Å². The van der Waals surface area contributed by atoms with Crippen LogP contribution < -0.4 is 15.0 Å². The minimum Gasteiger partial charge on any atom is -0.423 e.